The van der Waals surface area contributed by atoms with Crippen LogP contribution in [-0.4, -0.2) is 21.8 Å². The number of ketones is 1. The van der Waals surface area contributed by atoms with Crippen molar-refractivity contribution in [1.29, 1.82) is 0 Å². The SMILES string of the molecule is Cc1ncccc1C(=O)c1cccc(CNC2CCCCC2)n1.[HH].[HH]. The average molecular weight is 313 g/mol. The van der Waals surface area contributed by atoms with Gasteiger partial charge in [0.1, 0.15) is 5.69 Å². The number of aryl methyl sites for hydroxylation is 1. The Morgan fingerprint density at radius 3 is 2.83 bits per heavy atom. The Kier molecular flexibility index (Phi) is 5.13. The Morgan fingerprint density at radius 2 is 2.04 bits per heavy atom. The number of hydrogen-bond donors (Lipinski definition) is 1. The molecule has 1 aliphatic rings. The van der Waals surface area contributed by atoms with Gasteiger partial charge in [0, 0.05) is 32.9 Å². The van der Waals surface area contributed by atoms with Crippen LogP contribution >= 0.6 is 0 Å². The number of pyridine rings is 2. The van der Waals surface area contributed by atoms with Crippen molar-refractivity contribution in [2.75, 3.05) is 0 Å². The molecule has 2 aromatic rings. The number of nitrogens with zero attached hydrogens (tertiary/aromatic N) is 2. The highest BCUT2D eigenvalue weighted by molar-refractivity contribution is 6.08. The largest absolute Gasteiger partial charge is 0.308 e. The molecular weight excluding hydrogens is 286 g/mol. The fraction of sp³-hybridized carbons (Fsp3) is 0.421. The quantitative estimate of drug-likeness (QED) is 0.850. The van der Waals surface area contributed by atoms with E-state index in [1.54, 1.807) is 24.4 Å². The number of rotatable bonds is 5. The highest BCUT2D eigenvalue weighted by Gasteiger charge is 2.15. The molecule has 1 N–H and O–H groups in total. The molecule has 1 aliphatic carbocycles. The van der Waals surface area contributed by atoms with Gasteiger partial charge in [-0.1, -0.05) is 25.3 Å². The fourth-order valence-electron chi connectivity index (χ4n) is 3.12. The summed E-state index contributed by atoms with van der Waals surface area (Å²) in [5.41, 5.74) is 2.77. The van der Waals surface area contributed by atoms with E-state index in [-0.39, 0.29) is 8.64 Å². The topological polar surface area (TPSA) is 54.9 Å². The van der Waals surface area contributed by atoms with Crippen LogP contribution in [0.5, 0.6) is 0 Å². The van der Waals surface area contributed by atoms with Gasteiger partial charge in [0.2, 0.25) is 5.78 Å². The van der Waals surface area contributed by atoms with Gasteiger partial charge < -0.3 is 5.32 Å². The van der Waals surface area contributed by atoms with Crippen LogP contribution in [0.25, 0.3) is 0 Å². The van der Waals surface area contributed by atoms with Gasteiger partial charge in [-0.25, -0.2) is 4.98 Å². The van der Waals surface area contributed by atoms with Gasteiger partial charge in [-0.15, -0.1) is 0 Å². The van der Waals surface area contributed by atoms with Gasteiger partial charge in [-0.2, -0.15) is 0 Å². The van der Waals surface area contributed by atoms with Crippen molar-refractivity contribution in [3.05, 3.63) is 59.2 Å². The molecule has 1 fully saturated rings. The smallest absolute Gasteiger partial charge is 0.213 e. The Morgan fingerprint density at radius 1 is 1.22 bits per heavy atom. The molecule has 0 unspecified atom stereocenters. The van der Waals surface area contributed by atoms with E-state index in [0.717, 1.165) is 17.9 Å². The van der Waals surface area contributed by atoms with E-state index in [0.29, 0.717) is 17.3 Å². The molecule has 4 nitrogen and oxygen atoms in total. The van der Waals surface area contributed by atoms with Gasteiger partial charge in [0.05, 0.1) is 5.69 Å². The van der Waals surface area contributed by atoms with Crippen molar-refractivity contribution in [2.45, 2.75) is 51.6 Å². The van der Waals surface area contributed by atoms with Crippen LogP contribution in [0.4, 0.5) is 0 Å². The van der Waals surface area contributed by atoms with Crippen molar-refractivity contribution < 1.29 is 7.65 Å². The number of hydrogen-bond acceptors (Lipinski definition) is 4. The summed E-state index contributed by atoms with van der Waals surface area (Å²) in [6.45, 7) is 2.57. The Balaban J connectivity index is 0.00000156. The molecule has 0 radical (unpaired) electrons. The van der Waals surface area contributed by atoms with Crippen LogP contribution in [0.2, 0.25) is 0 Å². The minimum atomic E-state index is -0.0601. The molecule has 23 heavy (non-hydrogen) atoms. The Hall–Kier alpha value is -2.07. The molecule has 3 rings (SSSR count). The maximum atomic E-state index is 12.6. The van der Waals surface area contributed by atoms with E-state index in [9.17, 15) is 4.79 Å². The second-order valence-corrected chi connectivity index (χ2v) is 6.20. The molecule has 0 spiro atoms. The molecule has 4 heteroatoms. The third kappa shape index (κ3) is 4.02. The summed E-state index contributed by atoms with van der Waals surface area (Å²) in [6, 6.07) is 9.84. The second-order valence-electron chi connectivity index (χ2n) is 6.20. The molecule has 0 aliphatic heterocycles. The number of carbonyl (C=O) groups excluding carboxylic acids is 1. The zero-order chi connectivity index (χ0) is 16.1. The first-order chi connectivity index (χ1) is 11.2. The van der Waals surface area contributed by atoms with E-state index in [4.69, 9.17) is 0 Å². The summed E-state index contributed by atoms with van der Waals surface area (Å²) in [7, 11) is 0. The van der Waals surface area contributed by atoms with E-state index < -0.39 is 0 Å². The first-order valence-corrected chi connectivity index (χ1v) is 8.39. The van der Waals surface area contributed by atoms with Crippen LogP contribution < -0.4 is 5.32 Å². The summed E-state index contributed by atoms with van der Waals surface area (Å²) in [5, 5.41) is 3.57. The molecule has 0 atom stereocenters. The molecule has 0 aromatic carbocycles. The summed E-state index contributed by atoms with van der Waals surface area (Å²) in [6.07, 6.45) is 8.16. The molecule has 0 saturated heterocycles. The molecule has 0 amide bonds. The van der Waals surface area contributed by atoms with Crippen molar-refractivity contribution in [1.82, 2.24) is 15.3 Å². The van der Waals surface area contributed by atoms with E-state index >= 15 is 0 Å². The molecule has 1 saturated carbocycles. The lowest BCUT2D eigenvalue weighted by Crippen LogP contribution is -2.30. The summed E-state index contributed by atoms with van der Waals surface area (Å²) >= 11 is 0. The molecule has 124 valence electrons. The summed E-state index contributed by atoms with van der Waals surface area (Å²) in [4.78, 5) is 21.3. The van der Waals surface area contributed by atoms with Gasteiger partial charge in [-0.3, -0.25) is 9.78 Å². The third-order valence-corrected chi connectivity index (χ3v) is 4.47. The molecule has 0 bridgehead atoms. The Bertz CT molecular complexity index is 688. The minimum Gasteiger partial charge on any atom is -0.308 e. The van der Waals surface area contributed by atoms with Gasteiger partial charge in [0.25, 0.3) is 0 Å². The first-order valence-electron chi connectivity index (χ1n) is 8.39. The molecular formula is C19H27N3O. The minimum absolute atomic E-state index is 0. The van der Waals surface area contributed by atoms with Crippen molar-refractivity contribution in [3.63, 3.8) is 0 Å². The van der Waals surface area contributed by atoms with Crippen LogP contribution in [0.1, 0.15) is 62.4 Å². The second kappa shape index (κ2) is 7.47. The first kappa shape index (κ1) is 15.8. The van der Waals surface area contributed by atoms with E-state index in [1.807, 2.05) is 19.1 Å². The molecule has 2 aromatic heterocycles. The van der Waals surface area contributed by atoms with Crippen molar-refractivity contribution in [3.8, 4) is 0 Å². The predicted octanol–water partition coefficient (Wildman–Crippen LogP) is 3.93. The zero-order valence-corrected chi connectivity index (χ0v) is 13.6. The van der Waals surface area contributed by atoms with Crippen molar-refractivity contribution >= 4 is 5.78 Å². The van der Waals surface area contributed by atoms with E-state index in [1.165, 1.54) is 32.1 Å². The normalized spacial score (nSPS) is 15.5. The number of carbonyl (C=O) groups is 1. The fourth-order valence-corrected chi connectivity index (χ4v) is 3.12. The van der Waals surface area contributed by atoms with Gasteiger partial charge >= 0.3 is 0 Å². The van der Waals surface area contributed by atoms with Gasteiger partial charge in [-0.05, 0) is 44.0 Å². The number of aromatic nitrogens is 2. The van der Waals surface area contributed by atoms with Crippen LogP contribution in [-0.2, 0) is 6.54 Å². The Labute approximate surface area is 140 Å². The van der Waals surface area contributed by atoms with E-state index in [2.05, 4.69) is 15.3 Å². The summed E-state index contributed by atoms with van der Waals surface area (Å²) < 4.78 is 0. The standard InChI is InChI=1S/C19H23N3O.2H2/c1-14-17(10-6-12-20-14)19(23)18-11-5-9-16(22-18)13-21-15-7-3-2-4-8-15;;/h5-6,9-12,15,21H,2-4,7-8,13H2,1H3;2*1H. The molecule has 2 heterocycles. The average Bonchev–Trinajstić information content (AvgIpc) is 2.61. The van der Waals surface area contributed by atoms with Gasteiger partial charge in [0.15, 0.2) is 0 Å². The predicted molar refractivity (Wildman–Crippen MR) is 94.6 cm³/mol. The highest BCUT2D eigenvalue weighted by Crippen LogP contribution is 2.18. The zero-order valence-electron chi connectivity index (χ0n) is 13.6. The monoisotopic (exact) mass is 313 g/mol. The van der Waals surface area contributed by atoms with Crippen LogP contribution in [0.15, 0.2) is 36.5 Å². The summed E-state index contributed by atoms with van der Waals surface area (Å²) in [5.74, 6) is -0.0601. The maximum Gasteiger partial charge on any atom is 0.213 e. The lowest BCUT2D eigenvalue weighted by atomic mass is 9.95. The van der Waals surface area contributed by atoms with Crippen LogP contribution in [0, 0.1) is 6.92 Å². The lowest BCUT2D eigenvalue weighted by molar-refractivity contribution is 0.103. The lowest BCUT2D eigenvalue weighted by Gasteiger charge is -2.22. The highest BCUT2D eigenvalue weighted by atomic mass is 16.1. The van der Waals surface area contributed by atoms with Crippen LogP contribution in [0.3, 0.4) is 0 Å². The third-order valence-electron chi connectivity index (χ3n) is 4.47. The maximum absolute atomic E-state index is 12.6. The van der Waals surface area contributed by atoms with Crippen molar-refractivity contribution in [2.24, 2.45) is 0 Å². The number of nitrogens with one attached hydrogen (secondary N) is 1.